The number of nitrogens with zero attached hydrogens (tertiary/aromatic N) is 1. The Balaban J connectivity index is 1.75. The molecule has 0 aromatic heterocycles. The van der Waals surface area contributed by atoms with Crippen molar-refractivity contribution in [2.45, 2.75) is 12.8 Å². The average Bonchev–Trinajstić information content (AvgIpc) is 2.91. The van der Waals surface area contributed by atoms with Crippen LogP contribution >= 0.6 is 0 Å². The summed E-state index contributed by atoms with van der Waals surface area (Å²) in [4.78, 5) is 2.45. The lowest BCUT2D eigenvalue weighted by molar-refractivity contribution is 0.238. The van der Waals surface area contributed by atoms with E-state index < -0.39 is 0 Å². The summed E-state index contributed by atoms with van der Waals surface area (Å²) in [5.74, 6) is 6.74. The van der Waals surface area contributed by atoms with Gasteiger partial charge in [0.1, 0.15) is 12.4 Å². The van der Waals surface area contributed by atoms with Gasteiger partial charge in [0.05, 0.1) is 6.54 Å². The Morgan fingerprint density at radius 3 is 2.56 bits per heavy atom. The number of benzene rings is 1. The van der Waals surface area contributed by atoms with E-state index in [1.165, 1.54) is 25.9 Å². The number of ether oxygens (including phenoxy) is 1. The van der Waals surface area contributed by atoms with Crippen LogP contribution in [0.5, 0.6) is 5.75 Å². The molecule has 1 heterocycles. The largest absolute Gasteiger partial charge is 0.492 e. The van der Waals surface area contributed by atoms with Crippen LogP contribution in [-0.2, 0) is 0 Å². The van der Waals surface area contributed by atoms with E-state index in [1.807, 2.05) is 24.3 Å². The fourth-order valence-corrected chi connectivity index (χ4v) is 2.09. The van der Waals surface area contributed by atoms with Gasteiger partial charge >= 0.3 is 0 Å². The van der Waals surface area contributed by atoms with Crippen LogP contribution in [0.25, 0.3) is 0 Å². The van der Waals surface area contributed by atoms with Crippen LogP contribution in [0.4, 0.5) is 0 Å². The molecule has 1 saturated heterocycles. The number of hydrogen-bond donors (Lipinski definition) is 1. The molecule has 0 atom stereocenters. The molecular weight excluding hydrogens is 224 g/mol. The normalized spacial score (nSPS) is 15.2. The maximum absolute atomic E-state index is 5.71. The molecule has 3 heteroatoms. The van der Waals surface area contributed by atoms with Gasteiger partial charge in [-0.15, -0.1) is 0 Å². The van der Waals surface area contributed by atoms with Crippen LogP contribution < -0.4 is 10.5 Å². The fourth-order valence-electron chi connectivity index (χ4n) is 2.09. The SMILES string of the molecule is NCC#Cc1ccc(OCCN2CCCC2)cc1. The summed E-state index contributed by atoms with van der Waals surface area (Å²) in [7, 11) is 0. The topological polar surface area (TPSA) is 38.5 Å². The quantitative estimate of drug-likeness (QED) is 0.815. The molecule has 2 N–H and O–H groups in total. The van der Waals surface area contributed by atoms with Crippen molar-refractivity contribution in [2.24, 2.45) is 5.73 Å². The molecule has 0 amide bonds. The highest BCUT2D eigenvalue weighted by Gasteiger charge is 2.10. The molecular formula is C15H20N2O. The Morgan fingerprint density at radius 2 is 1.89 bits per heavy atom. The van der Waals surface area contributed by atoms with E-state index in [9.17, 15) is 0 Å². The van der Waals surface area contributed by atoms with Crippen LogP contribution in [0.2, 0.25) is 0 Å². The molecule has 1 aromatic rings. The molecule has 1 aliphatic heterocycles. The first kappa shape index (κ1) is 12.9. The molecule has 1 aromatic carbocycles. The lowest BCUT2D eigenvalue weighted by atomic mass is 10.2. The third kappa shape index (κ3) is 4.06. The van der Waals surface area contributed by atoms with E-state index in [1.54, 1.807) is 0 Å². The third-order valence-electron chi connectivity index (χ3n) is 3.06. The molecule has 0 aliphatic carbocycles. The van der Waals surface area contributed by atoms with E-state index in [2.05, 4.69) is 16.7 Å². The zero-order valence-electron chi connectivity index (χ0n) is 10.7. The molecule has 2 rings (SSSR count). The highest BCUT2D eigenvalue weighted by Crippen LogP contribution is 2.12. The van der Waals surface area contributed by atoms with E-state index >= 15 is 0 Å². The van der Waals surface area contributed by atoms with Crippen molar-refractivity contribution in [3.63, 3.8) is 0 Å². The van der Waals surface area contributed by atoms with E-state index in [0.29, 0.717) is 6.54 Å². The smallest absolute Gasteiger partial charge is 0.119 e. The van der Waals surface area contributed by atoms with Crippen molar-refractivity contribution < 1.29 is 4.74 Å². The minimum atomic E-state index is 0.397. The van der Waals surface area contributed by atoms with Crippen LogP contribution in [-0.4, -0.2) is 37.7 Å². The number of hydrogen-bond acceptors (Lipinski definition) is 3. The minimum absolute atomic E-state index is 0.397. The van der Waals surface area contributed by atoms with Crippen molar-refractivity contribution >= 4 is 0 Å². The number of rotatable bonds is 4. The first-order valence-corrected chi connectivity index (χ1v) is 6.52. The Labute approximate surface area is 109 Å². The molecule has 0 spiro atoms. The van der Waals surface area contributed by atoms with Crippen LogP contribution in [0, 0.1) is 11.8 Å². The van der Waals surface area contributed by atoms with Crippen molar-refractivity contribution in [2.75, 3.05) is 32.8 Å². The van der Waals surface area contributed by atoms with Gasteiger partial charge in [-0.1, -0.05) is 11.8 Å². The van der Waals surface area contributed by atoms with Gasteiger partial charge in [-0.3, -0.25) is 4.90 Å². The summed E-state index contributed by atoms with van der Waals surface area (Å²) in [6, 6.07) is 7.86. The molecule has 3 nitrogen and oxygen atoms in total. The van der Waals surface area contributed by atoms with Crippen LogP contribution in [0.15, 0.2) is 24.3 Å². The second-order valence-electron chi connectivity index (χ2n) is 4.43. The maximum atomic E-state index is 5.71. The fraction of sp³-hybridized carbons (Fsp3) is 0.467. The van der Waals surface area contributed by atoms with E-state index in [4.69, 9.17) is 10.5 Å². The van der Waals surface area contributed by atoms with E-state index in [-0.39, 0.29) is 0 Å². The average molecular weight is 244 g/mol. The second-order valence-corrected chi connectivity index (χ2v) is 4.43. The highest BCUT2D eigenvalue weighted by atomic mass is 16.5. The molecule has 0 saturated carbocycles. The van der Waals surface area contributed by atoms with Gasteiger partial charge in [-0.05, 0) is 50.2 Å². The summed E-state index contributed by atoms with van der Waals surface area (Å²) < 4.78 is 5.71. The molecule has 0 bridgehead atoms. The van der Waals surface area contributed by atoms with Gasteiger partial charge in [0.15, 0.2) is 0 Å². The van der Waals surface area contributed by atoms with Crippen molar-refractivity contribution in [1.29, 1.82) is 0 Å². The molecule has 18 heavy (non-hydrogen) atoms. The molecule has 96 valence electrons. The lowest BCUT2D eigenvalue weighted by Crippen LogP contribution is -2.25. The number of nitrogens with two attached hydrogens (primary N) is 1. The van der Waals surface area contributed by atoms with E-state index in [0.717, 1.165) is 24.5 Å². The van der Waals surface area contributed by atoms with Crippen molar-refractivity contribution in [3.8, 4) is 17.6 Å². The van der Waals surface area contributed by atoms with Gasteiger partial charge in [0, 0.05) is 12.1 Å². The molecule has 0 unspecified atom stereocenters. The molecule has 1 fully saturated rings. The summed E-state index contributed by atoms with van der Waals surface area (Å²) in [6.45, 7) is 4.62. The third-order valence-corrected chi connectivity index (χ3v) is 3.06. The maximum Gasteiger partial charge on any atom is 0.119 e. The van der Waals surface area contributed by atoms with Crippen LogP contribution in [0.1, 0.15) is 18.4 Å². The summed E-state index contributed by atoms with van der Waals surface area (Å²) >= 11 is 0. The van der Waals surface area contributed by atoms with Gasteiger partial charge < -0.3 is 10.5 Å². The highest BCUT2D eigenvalue weighted by molar-refractivity contribution is 5.38. The van der Waals surface area contributed by atoms with Gasteiger partial charge in [0.25, 0.3) is 0 Å². The summed E-state index contributed by atoms with van der Waals surface area (Å²) in [5, 5.41) is 0. The minimum Gasteiger partial charge on any atom is -0.492 e. The Hall–Kier alpha value is -1.50. The summed E-state index contributed by atoms with van der Waals surface area (Å²) in [5.41, 5.74) is 6.31. The Morgan fingerprint density at radius 1 is 1.17 bits per heavy atom. The first-order chi connectivity index (χ1) is 8.88. The second kappa shape index (κ2) is 7.05. The Kier molecular flexibility index (Phi) is 5.07. The van der Waals surface area contributed by atoms with Crippen LogP contribution in [0.3, 0.4) is 0 Å². The van der Waals surface area contributed by atoms with Gasteiger partial charge in [-0.2, -0.15) is 0 Å². The number of likely N-dealkylation sites (tertiary alicyclic amines) is 1. The zero-order chi connectivity index (χ0) is 12.6. The Bertz CT molecular complexity index is 410. The zero-order valence-corrected chi connectivity index (χ0v) is 10.7. The summed E-state index contributed by atoms with van der Waals surface area (Å²) in [6.07, 6.45) is 2.66. The first-order valence-electron chi connectivity index (χ1n) is 6.52. The predicted molar refractivity (Wildman–Crippen MR) is 73.5 cm³/mol. The molecule has 1 aliphatic rings. The van der Waals surface area contributed by atoms with Crippen molar-refractivity contribution in [1.82, 2.24) is 4.90 Å². The predicted octanol–water partition coefficient (Wildman–Crippen LogP) is 1.47. The van der Waals surface area contributed by atoms with Gasteiger partial charge in [-0.25, -0.2) is 0 Å². The molecule has 0 radical (unpaired) electrons. The van der Waals surface area contributed by atoms with Gasteiger partial charge in [0.2, 0.25) is 0 Å². The monoisotopic (exact) mass is 244 g/mol. The standard InChI is InChI=1S/C15H20N2O/c16-9-3-4-14-5-7-15(8-6-14)18-13-12-17-10-1-2-11-17/h5-8H,1-2,9-13,16H2. The lowest BCUT2D eigenvalue weighted by Gasteiger charge is -2.14. The van der Waals surface area contributed by atoms with Crippen molar-refractivity contribution in [3.05, 3.63) is 29.8 Å².